The lowest BCUT2D eigenvalue weighted by atomic mass is 10.2. The third-order valence-electron chi connectivity index (χ3n) is 4.56. The molecule has 160 valence electrons. The monoisotopic (exact) mass is 405 g/mol. The van der Waals surface area contributed by atoms with Crippen molar-refractivity contribution in [2.75, 3.05) is 34.0 Å². The Labute approximate surface area is 171 Å². The van der Waals surface area contributed by atoms with Crippen molar-refractivity contribution in [1.29, 1.82) is 0 Å². The van der Waals surface area contributed by atoms with Crippen LogP contribution in [0, 0.1) is 0 Å². The molecule has 0 unspecified atom stereocenters. The Kier molecular flexibility index (Phi) is 9.43. The minimum atomic E-state index is -0.166. The third kappa shape index (κ3) is 6.74. The van der Waals surface area contributed by atoms with Gasteiger partial charge in [-0.1, -0.05) is 13.3 Å². The van der Waals surface area contributed by atoms with Crippen molar-refractivity contribution in [3.05, 3.63) is 28.8 Å². The van der Waals surface area contributed by atoms with Crippen molar-refractivity contribution in [2.24, 2.45) is 0 Å². The van der Waals surface area contributed by atoms with Gasteiger partial charge in [-0.25, -0.2) is 4.98 Å². The predicted molar refractivity (Wildman–Crippen MR) is 112 cm³/mol. The van der Waals surface area contributed by atoms with E-state index < -0.39 is 0 Å². The normalized spacial score (nSPS) is 10.9. The standard InChI is InChI=1S/C21H31N3O5/c1-4-5-11-29-12-7-9-22-20(25)8-6-10-24-15-23-17-14-19(28-3)18(27-2)13-16(17)21(24)26/h13-15H,4-12H2,1-3H3,(H,22,25). The Bertz CT molecular complexity index is 850. The average Bonchev–Trinajstić information content (AvgIpc) is 2.73. The second-order valence-electron chi connectivity index (χ2n) is 6.74. The van der Waals surface area contributed by atoms with Crippen molar-refractivity contribution in [3.63, 3.8) is 0 Å². The first-order valence-corrected chi connectivity index (χ1v) is 10.1. The van der Waals surface area contributed by atoms with Gasteiger partial charge in [0.25, 0.3) is 5.56 Å². The van der Waals surface area contributed by atoms with Crippen molar-refractivity contribution >= 4 is 16.8 Å². The summed E-state index contributed by atoms with van der Waals surface area (Å²) in [6, 6.07) is 3.31. The zero-order chi connectivity index (χ0) is 21.1. The molecular weight excluding hydrogens is 374 g/mol. The number of hydrogen-bond acceptors (Lipinski definition) is 6. The van der Waals surface area contributed by atoms with Crippen LogP contribution < -0.4 is 20.3 Å². The highest BCUT2D eigenvalue weighted by Crippen LogP contribution is 2.29. The lowest BCUT2D eigenvalue weighted by Crippen LogP contribution is -2.26. The summed E-state index contributed by atoms with van der Waals surface area (Å²) in [5, 5.41) is 3.34. The van der Waals surface area contributed by atoms with Crippen LogP contribution in [-0.4, -0.2) is 49.4 Å². The van der Waals surface area contributed by atoms with Gasteiger partial charge in [-0.05, 0) is 25.3 Å². The fourth-order valence-corrected chi connectivity index (χ4v) is 2.89. The van der Waals surface area contributed by atoms with E-state index in [1.807, 2.05) is 0 Å². The van der Waals surface area contributed by atoms with Crippen LogP contribution >= 0.6 is 0 Å². The molecule has 29 heavy (non-hydrogen) atoms. The molecule has 1 aromatic carbocycles. The number of unbranched alkanes of at least 4 members (excludes halogenated alkanes) is 1. The topological polar surface area (TPSA) is 91.7 Å². The largest absolute Gasteiger partial charge is 0.493 e. The molecule has 0 aliphatic rings. The average molecular weight is 405 g/mol. The van der Waals surface area contributed by atoms with Crippen LogP contribution in [0.4, 0.5) is 0 Å². The zero-order valence-corrected chi connectivity index (χ0v) is 17.5. The fourth-order valence-electron chi connectivity index (χ4n) is 2.89. The van der Waals surface area contributed by atoms with Crippen LogP contribution in [0.2, 0.25) is 0 Å². The number of benzene rings is 1. The number of nitrogens with zero attached hydrogens (tertiary/aromatic N) is 2. The van der Waals surface area contributed by atoms with E-state index in [0.29, 0.717) is 54.9 Å². The maximum Gasteiger partial charge on any atom is 0.261 e. The molecule has 0 spiro atoms. The van der Waals surface area contributed by atoms with Gasteiger partial charge in [0.1, 0.15) is 0 Å². The molecule has 8 heteroatoms. The molecule has 0 bridgehead atoms. The summed E-state index contributed by atoms with van der Waals surface area (Å²) >= 11 is 0. The number of fused-ring (bicyclic) bond motifs is 1. The first kappa shape index (κ1) is 22.7. The summed E-state index contributed by atoms with van der Waals surface area (Å²) < 4.78 is 17.5. The number of nitrogens with one attached hydrogen (secondary N) is 1. The van der Waals surface area contributed by atoms with Crippen molar-refractivity contribution in [3.8, 4) is 11.5 Å². The van der Waals surface area contributed by atoms with Crippen LogP contribution in [0.3, 0.4) is 0 Å². The highest BCUT2D eigenvalue weighted by atomic mass is 16.5. The Morgan fingerprint density at radius 3 is 2.55 bits per heavy atom. The molecule has 0 fully saturated rings. The molecule has 0 saturated carbocycles. The van der Waals surface area contributed by atoms with Gasteiger partial charge in [0.05, 0.1) is 31.4 Å². The Balaban J connectivity index is 1.82. The molecule has 1 N–H and O–H groups in total. The molecule has 1 amide bonds. The van der Waals surface area contributed by atoms with Crippen LogP contribution in [-0.2, 0) is 16.1 Å². The summed E-state index contributed by atoms with van der Waals surface area (Å²) in [7, 11) is 3.06. The second kappa shape index (κ2) is 12.1. The van der Waals surface area contributed by atoms with Crippen LogP contribution in [0.1, 0.15) is 39.0 Å². The summed E-state index contributed by atoms with van der Waals surface area (Å²) in [6.45, 7) is 4.58. The first-order valence-electron chi connectivity index (χ1n) is 10.1. The lowest BCUT2D eigenvalue weighted by Gasteiger charge is -2.10. The zero-order valence-electron chi connectivity index (χ0n) is 17.5. The maximum atomic E-state index is 12.7. The quantitative estimate of drug-likeness (QED) is 0.515. The van der Waals surface area contributed by atoms with E-state index in [-0.39, 0.29) is 11.5 Å². The summed E-state index contributed by atoms with van der Waals surface area (Å²) in [5.41, 5.74) is 0.378. The molecule has 8 nitrogen and oxygen atoms in total. The molecule has 0 radical (unpaired) electrons. The van der Waals surface area contributed by atoms with Gasteiger partial charge in [0.2, 0.25) is 5.91 Å². The van der Waals surface area contributed by atoms with Gasteiger partial charge in [0, 0.05) is 38.8 Å². The van der Waals surface area contributed by atoms with Crippen LogP contribution in [0.25, 0.3) is 10.9 Å². The molecular formula is C21H31N3O5. The van der Waals surface area contributed by atoms with Crippen molar-refractivity contribution in [2.45, 2.75) is 45.6 Å². The Hall–Kier alpha value is -2.61. The summed E-state index contributed by atoms with van der Waals surface area (Å²) in [5.74, 6) is 0.985. The summed E-state index contributed by atoms with van der Waals surface area (Å²) in [6.07, 6.45) is 5.40. The number of hydrogen-bond donors (Lipinski definition) is 1. The Morgan fingerprint density at radius 2 is 1.83 bits per heavy atom. The second-order valence-corrected chi connectivity index (χ2v) is 6.74. The minimum Gasteiger partial charge on any atom is -0.493 e. The van der Waals surface area contributed by atoms with E-state index >= 15 is 0 Å². The molecule has 0 saturated heterocycles. The van der Waals surface area contributed by atoms with E-state index in [1.165, 1.54) is 25.1 Å². The van der Waals surface area contributed by atoms with Crippen molar-refractivity contribution in [1.82, 2.24) is 14.9 Å². The highest BCUT2D eigenvalue weighted by molar-refractivity contribution is 5.81. The predicted octanol–water partition coefficient (Wildman–Crippen LogP) is 2.52. The van der Waals surface area contributed by atoms with Gasteiger partial charge in [-0.2, -0.15) is 0 Å². The molecule has 1 aromatic heterocycles. The number of rotatable bonds is 13. The first-order chi connectivity index (χ1) is 14.1. The number of methoxy groups -OCH3 is 2. The molecule has 0 aliphatic heterocycles. The number of carbonyl (C=O) groups excluding carboxylic acids is 1. The Morgan fingerprint density at radius 1 is 1.10 bits per heavy atom. The summed E-state index contributed by atoms with van der Waals surface area (Å²) in [4.78, 5) is 29.0. The lowest BCUT2D eigenvalue weighted by molar-refractivity contribution is -0.121. The maximum absolute atomic E-state index is 12.7. The van der Waals surface area contributed by atoms with Crippen LogP contribution in [0.5, 0.6) is 11.5 Å². The van der Waals surface area contributed by atoms with Gasteiger partial charge in [-0.3, -0.25) is 14.2 Å². The van der Waals surface area contributed by atoms with E-state index in [4.69, 9.17) is 14.2 Å². The van der Waals surface area contributed by atoms with E-state index in [2.05, 4.69) is 17.2 Å². The number of amides is 1. The SMILES string of the molecule is CCCCOCCCNC(=O)CCCn1cnc2cc(OC)c(OC)cc2c1=O. The van der Waals surface area contributed by atoms with Gasteiger partial charge in [-0.15, -0.1) is 0 Å². The third-order valence-corrected chi connectivity index (χ3v) is 4.56. The molecule has 1 heterocycles. The van der Waals surface area contributed by atoms with E-state index in [0.717, 1.165) is 25.9 Å². The minimum absolute atomic E-state index is 0.0215. The van der Waals surface area contributed by atoms with Gasteiger partial charge < -0.3 is 19.5 Å². The molecule has 2 aromatic rings. The highest BCUT2D eigenvalue weighted by Gasteiger charge is 2.11. The smallest absolute Gasteiger partial charge is 0.261 e. The van der Waals surface area contributed by atoms with E-state index in [1.54, 1.807) is 12.1 Å². The number of aromatic nitrogens is 2. The van der Waals surface area contributed by atoms with E-state index in [9.17, 15) is 9.59 Å². The number of carbonyl (C=O) groups is 1. The molecule has 2 rings (SSSR count). The fraction of sp³-hybridized carbons (Fsp3) is 0.571. The van der Waals surface area contributed by atoms with Gasteiger partial charge >= 0.3 is 0 Å². The molecule has 0 atom stereocenters. The van der Waals surface area contributed by atoms with Crippen LogP contribution in [0.15, 0.2) is 23.3 Å². The van der Waals surface area contributed by atoms with Gasteiger partial charge in [0.15, 0.2) is 11.5 Å². The van der Waals surface area contributed by atoms with Crippen molar-refractivity contribution < 1.29 is 19.0 Å². The number of aryl methyl sites for hydroxylation is 1. The molecule has 0 aliphatic carbocycles. The number of ether oxygens (including phenoxy) is 3.